The number of aliphatic hydroxyl groups is 1. The molecule has 0 amide bonds. The van der Waals surface area contributed by atoms with E-state index in [9.17, 15) is 5.11 Å². The predicted molar refractivity (Wildman–Crippen MR) is 67.3 cm³/mol. The molecule has 1 aromatic carbocycles. The quantitative estimate of drug-likeness (QED) is 0.805. The number of rotatable bonds is 4. The van der Waals surface area contributed by atoms with Gasteiger partial charge < -0.3 is 15.2 Å². The Bertz CT molecular complexity index is 351. The Morgan fingerprint density at radius 3 is 2.82 bits per heavy atom. The van der Waals surface area contributed by atoms with Crippen LogP contribution in [0.4, 0.5) is 0 Å². The minimum atomic E-state index is 0.0761. The fraction of sp³-hybridized carbons (Fsp3) is 0.538. The molecule has 0 saturated carbocycles. The number of benzene rings is 1. The van der Waals surface area contributed by atoms with Gasteiger partial charge >= 0.3 is 0 Å². The van der Waals surface area contributed by atoms with Gasteiger partial charge in [-0.2, -0.15) is 0 Å². The molecule has 1 saturated heterocycles. The summed E-state index contributed by atoms with van der Waals surface area (Å²) in [7, 11) is 1.66. The molecule has 1 aromatic rings. The highest BCUT2D eigenvalue weighted by molar-refractivity contribution is 5.30. The van der Waals surface area contributed by atoms with Gasteiger partial charge in [-0.1, -0.05) is 12.1 Å². The first-order chi connectivity index (χ1) is 8.35. The van der Waals surface area contributed by atoms with Crippen molar-refractivity contribution in [1.29, 1.82) is 0 Å². The first-order valence-corrected chi connectivity index (χ1v) is 6.04. The van der Waals surface area contributed by atoms with Crippen LogP contribution in [0.2, 0.25) is 0 Å². The van der Waals surface area contributed by atoms with E-state index in [4.69, 9.17) is 4.74 Å². The zero-order chi connectivity index (χ0) is 12.1. The number of piperazine rings is 1. The average Bonchev–Trinajstić information content (AvgIpc) is 2.41. The number of nitrogens with one attached hydrogen (secondary N) is 1. The largest absolute Gasteiger partial charge is 0.497 e. The van der Waals surface area contributed by atoms with Crippen LogP contribution in [-0.4, -0.2) is 49.9 Å². The highest BCUT2D eigenvalue weighted by Gasteiger charge is 2.21. The fourth-order valence-electron chi connectivity index (χ4n) is 2.27. The summed E-state index contributed by atoms with van der Waals surface area (Å²) in [5, 5.41) is 12.9. The highest BCUT2D eigenvalue weighted by Crippen LogP contribution is 2.24. The van der Waals surface area contributed by atoms with Crippen molar-refractivity contribution in [3.05, 3.63) is 29.8 Å². The maximum absolute atomic E-state index is 9.59. The van der Waals surface area contributed by atoms with Gasteiger partial charge in [0, 0.05) is 26.2 Å². The Morgan fingerprint density at radius 1 is 1.41 bits per heavy atom. The van der Waals surface area contributed by atoms with E-state index in [1.54, 1.807) is 7.11 Å². The lowest BCUT2D eigenvalue weighted by Gasteiger charge is -2.34. The maximum Gasteiger partial charge on any atom is 0.119 e. The van der Waals surface area contributed by atoms with E-state index in [1.807, 2.05) is 24.3 Å². The molecule has 1 fully saturated rings. The molecular formula is C13H20N2O2. The summed E-state index contributed by atoms with van der Waals surface area (Å²) >= 11 is 0. The second-order valence-electron chi connectivity index (χ2n) is 4.26. The van der Waals surface area contributed by atoms with E-state index in [2.05, 4.69) is 10.2 Å². The summed E-state index contributed by atoms with van der Waals surface area (Å²) < 4.78 is 5.22. The van der Waals surface area contributed by atoms with Crippen molar-refractivity contribution in [1.82, 2.24) is 10.2 Å². The van der Waals surface area contributed by atoms with Crippen LogP contribution in [0.3, 0.4) is 0 Å². The number of aliphatic hydroxyl groups excluding tert-OH is 1. The zero-order valence-corrected chi connectivity index (χ0v) is 10.2. The monoisotopic (exact) mass is 236 g/mol. The molecule has 1 aliphatic rings. The van der Waals surface area contributed by atoms with Crippen LogP contribution in [0.1, 0.15) is 11.6 Å². The van der Waals surface area contributed by atoms with Gasteiger partial charge in [-0.3, -0.25) is 4.90 Å². The van der Waals surface area contributed by atoms with Crippen molar-refractivity contribution in [2.75, 3.05) is 39.9 Å². The molecule has 0 aliphatic carbocycles. The number of hydrogen-bond donors (Lipinski definition) is 2. The van der Waals surface area contributed by atoms with Gasteiger partial charge in [-0.05, 0) is 17.7 Å². The van der Waals surface area contributed by atoms with Crippen LogP contribution in [0, 0.1) is 0 Å². The lowest BCUT2D eigenvalue weighted by atomic mass is 10.0. The summed E-state index contributed by atoms with van der Waals surface area (Å²) in [5.74, 6) is 0.844. The van der Waals surface area contributed by atoms with Gasteiger partial charge in [0.2, 0.25) is 0 Å². The minimum Gasteiger partial charge on any atom is -0.497 e. The van der Waals surface area contributed by atoms with Crippen LogP contribution < -0.4 is 10.1 Å². The van der Waals surface area contributed by atoms with Gasteiger partial charge in [-0.25, -0.2) is 0 Å². The molecule has 0 unspecified atom stereocenters. The van der Waals surface area contributed by atoms with E-state index in [1.165, 1.54) is 0 Å². The molecule has 0 bridgehead atoms. The zero-order valence-electron chi connectivity index (χ0n) is 10.2. The summed E-state index contributed by atoms with van der Waals surface area (Å²) in [4.78, 5) is 2.31. The Labute approximate surface area is 102 Å². The highest BCUT2D eigenvalue weighted by atomic mass is 16.5. The third-order valence-electron chi connectivity index (χ3n) is 3.24. The molecule has 1 atom stereocenters. The molecular weight excluding hydrogens is 216 g/mol. The first kappa shape index (κ1) is 12.4. The molecule has 4 nitrogen and oxygen atoms in total. The van der Waals surface area contributed by atoms with Gasteiger partial charge in [0.1, 0.15) is 5.75 Å². The van der Waals surface area contributed by atoms with Crippen LogP contribution in [-0.2, 0) is 0 Å². The van der Waals surface area contributed by atoms with E-state index < -0.39 is 0 Å². The Kier molecular flexibility index (Phi) is 4.36. The Morgan fingerprint density at radius 2 is 2.18 bits per heavy atom. The van der Waals surface area contributed by atoms with Crippen LogP contribution >= 0.6 is 0 Å². The molecule has 4 heteroatoms. The van der Waals surface area contributed by atoms with Crippen molar-refractivity contribution >= 4 is 0 Å². The standard InChI is InChI=1S/C13H20N2O2/c1-17-12-4-2-3-11(9-12)13(10-16)15-7-5-14-6-8-15/h2-4,9,13-14,16H,5-8,10H2,1H3/t13-/m0/s1. The molecule has 0 aromatic heterocycles. The van der Waals surface area contributed by atoms with Crippen molar-refractivity contribution in [2.24, 2.45) is 0 Å². The molecule has 2 N–H and O–H groups in total. The van der Waals surface area contributed by atoms with E-state index >= 15 is 0 Å². The van der Waals surface area contributed by atoms with Crippen molar-refractivity contribution in [2.45, 2.75) is 6.04 Å². The van der Waals surface area contributed by atoms with Gasteiger partial charge in [0.05, 0.1) is 19.8 Å². The predicted octanol–water partition coefficient (Wildman–Crippen LogP) is 0.634. The van der Waals surface area contributed by atoms with E-state index in [0.29, 0.717) is 0 Å². The number of ether oxygens (including phenoxy) is 1. The van der Waals surface area contributed by atoms with Gasteiger partial charge in [-0.15, -0.1) is 0 Å². The average molecular weight is 236 g/mol. The van der Waals surface area contributed by atoms with Crippen molar-refractivity contribution in [3.63, 3.8) is 0 Å². The lowest BCUT2D eigenvalue weighted by molar-refractivity contribution is 0.110. The molecule has 2 rings (SSSR count). The van der Waals surface area contributed by atoms with E-state index in [0.717, 1.165) is 37.5 Å². The molecule has 1 aliphatic heterocycles. The van der Waals surface area contributed by atoms with Crippen LogP contribution in [0.5, 0.6) is 5.75 Å². The molecule has 17 heavy (non-hydrogen) atoms. The second kappa shape index (κ2) is 6.00. The summed E-state index contributed by atoms with van der Waals surface area (Å²) in [6.45, 7) is 4.07. The van der Waals surface area contributed by atoms with Gasteiger partial charge in [0.15, 0.2) is 0 Å². The van der Waals surface area contributed by atoms with Crippen LogP contribution in [0.25, 0.3) is 0 Å². The SMILES string of the molecule is COc1cccc([C@H](CO)N2CCNCC2)c1. The fourth-order valence-corrected chi connectivity index (χ4v) is 2.27. The Hall–Kier alpha value is -1.10. The normalized spacial score (nSPS) is 18.9. The number of nitrogens with zero attached hydrogens (tertiary/aromatic N) is 1. The maximum atomic E-state index is 9.59. The molecule has 0 spiro atoms. The Balaban J connectivity index is 2.15. The summed E-state index contributed by atoms with van der Waals surface area (Å²) in [6.07, 6.45) is 0. The minimum absolute atomic E-state index is 0.0761. The third kappa shape index (κ3) is 2.97. The van der Waals surface area contributed by atoms with Crippen molar-refractivity contribution in [3.8, 4) is 5.75 Å². The second-order valence-corrected chi connectivity index (χ2v) is 4.26. The van der Waals surface area contributed by atoms with E-state index in [-0.39, 0.29) is 12.6 Å². The smallest absolute Gasteiger partial charge is 0.119 e. The molecule has 0 radical (unpaired) electrons. The summed E-state index contributed by atoms with van der Waals surface area (Å²) in [6, 6.07) is 8.02. The van der Waals surface area contributed by atoms with Crippen molar-refractivity contribution < 1.29 is 9.84 Å². The molecule has 1 heterocycles. The molecule has 94 valence electrons. The van der Waals surface area contributed by atoms with Gasteiger partial charge in [0.25, 0.3) is 0 Å². The summed E-state index contributed by atoms with van der Waals surface area (Å²) in [5.41, 5.74) is 1.12. The number of methoxy groups -OCH3 is 1. The third-order valence-corrected chi connectivity index (χ3v) is 3.24. The first-order valence-electron chi connectivity index (χ1n) is 6.04. The lowest BCUT2D eigenvalue weighted by Crippen LogP contribution is -2.46. The number of hydrogen-bond acceptors (Lipinski definition) is 4. The van der Waals surface area contributed by atoms with Crippen LogP contribution in [0.15, 0.2) is 24.3 Å². The topological polar surface area (TPSA) is 44.7 Å².